The van der Waals surface area contributed by atoms with E-state index in [1.165, 1.54) is 0 Å². The molecule has 1 aliphatic heterocycles. The van der Waals surface area contributed by atoms with Gasteiger partial charge in [-0.15, -0.1) is 13.2 Å². The van der Waals surface area contributed by atoms with E-state index in [-0.39, 0.29) is 19.1 Å². The number of aliphatic hydroxyl groups excluding tert-OH is 1. The molecule has 1 amide bonds. The summed E-state index contributed by atoms with van der Waals surface area (Å²) in [5.74, 6) is 0.829. The minimum atomic E-state index is -1.04. The zero-order valence-electron chi connectivity index (χ0n) is 14.7. The third-order valence-corrected chi connectivity index (χ3v) is 3.79. The highest BCUT2D eigenvalue weighted by atomic mass is 16.5. The molecule has 7 nitrogen and oxygen atoms in total. The number of ether oxygens (including phenoxy) is 2. The Balaban J connectivity index is 2.10. The molecule has 140 valence electrons. The van der Waals surface area contributed by atoms with Gasteiger partial charge in [0.25, 0.3) is 5.91 Å². The zero-order chi connectivity index (χ0) is 18.8. The van der Waals surface area contributed by atoms with Crippen molar-refractivity contribution >= 4 is 11.8 Å². The van der Waals surface area contributed by atoms with Crippen molar-refractivity contribution in [3.63, 3.8) is 0 Å². The van der Waals surface area contributed by atoms with Gasteiger partial charge in [0.15, 0.2) is 5.54 Å². The Bertz CT molecular complexity index is 657. The van der Waals surface area contributed by atoms with Crippen molar-refractivity contribution in [1.29, 1.82) is 0 Å². The SMILES string of the molecule is C=CCNNC(=O)[C@]1(CC=C)COC(c2ccc(OCCCO)cc2)=N1. The van der Waals surface area contributed by atoms with Crippen LogP contribution in [0.4, 0.5) is 0 Å². The highest BCUT2D eigenvalue weighted by Gasteiger charge is 2.43. The summed E-state index contributed by atoms with van der Waals surface area (Å²) in [5.41, 5.74) is 5.12. The lowest BCUT2D eigenvalue weighted by Gasteiger charge is -2.21. The van der Waals surface area contributed by atoms with Crippen LogP contribution in [0.2, 0.25) is 0 Å². The van der Waals surface area contributed by atoms with E-state index >= 15 is 0 Å². The molecule has 1 atom stereocenters. The fraction of sp³-hybridized carbons (Fsp3) is 0.368. The standard InChI is InChI=1S/C19H25N3O4/c1-3-10-19(18(24)22-20-11-4-2)14-26-17(21-19)15-6-8-16(9-7-15)25-13-5-12-23/h3-4,6-9,20,23H,1-2,5,10-14H2,(H,22,24)/t19-/m0/s1. The fourth-order valence-electron chi connectivity index (χ4n) is 2.42. The van der Waals surface area contributed by atoms with Gasteiger partial charge in [0.2, 0.25) is 5.90 Å². The number of rotatable bonds is 11. The van der Waals surface area contributed by atoms with E-state index in [1.54, 1.807) is 24.3 Å². The van der Waals surface area contributed by atoms with Gasteiger partial charge >= 0.3 is 0 Å². The molecule has 0 spiro atoms. The number of hydrazine groups is 1. The van der Waals surface area contributed by atoms with E-state index in [9.17, 15) is 4.79 Å². The second-order valence-electron chi connectivity index (χ2n) is 5.80. The summed E-state index contributed by atoms with van der Waals surface area (Å²) in [6.45, 7) is 8.44. The predicted octanol–water partition coefficient (Wildman–Crippen LogP) is 1.35. The highest BCUT2D eigenvalue weighted by molar-refractivity contribution is 6.00. The first-order valence-corrected chi connectivity index (χ1v) is 8.47. The maximum Gasteiger partial charge on any atom is 0.266 e. The minimum Gasteiger partial charge on any atom is -0.494 e. The molecule has 0 bridgehead atoms. The molecule has 0 saturated carbocycles. The van der Waals surface area contributed by atoms with Crippen molar-refractivity contribution in [2.24, 2.45) is 4.99 Å². The second-order valence-corrected chi connectivity index (χ2v) is 5.80. The summed E-state index contributed by atoms with van der Waals surface area (Å²) in [6.07, 6.45) is 4.24. The van der Waals surface area contributed by atoms with Gasteiger partial charge in [-0.25, -0.2) is 10.4 Å². The first-order chi connectivity index (χ1) is 12.6. The molecular weight excluding hydrogens is 334 g/mol. The summed E-state index contributed by atoms with van der Waals surface area (Å²) in [5, 5.41) is 8.78. The molecule has 7 heteroatoms. The molecule has 0 fully saturated rings. The maximum absolute atomic E-state index is 12.5. The smallest absolute Gasteiger partial charge is 0.266 e. The molecule has 1 aliphatic rings. The number of aliphatic imine (C=N–C) groups is 1. The minimum absolute atomic E-state index is 0.0951. The van der Waals surface area contributed by atoms with Crippen LogP contribution in [0.25, 0.3) is 0 Å². The fourth-order valence-corrected chi connectivity index (χ4v) is 2.42. The number of carbonyl (C=O) groups is 1. The van der Waals surface area contributed by atoms with Gasteiger partial charge in [0.05, 0.1) is 6.61 Å². The van der Waals surface area contributed by atoms with Gasteiger partial charge in [-0.05, 0) is 24.3 Å². The van der Waals surface area contributed by atoms with E-state index in [4.69, 9.17) is 14.6 Å². The Morgan fingerprint density at radius 3 is 2.77 bits per heavy atom. The Morgan fingerprint density at radius 2 is 2.12 bits per heavy atom. The van der Waals surface area contributed by atoms with Crippen LogP contribution in [-0.2, 0) is 9.53 Å². The Hall–Kier alpha value is -2.64. The maximum atomic E-state index is 12.5. The average molecular weight is 359 g/mol. The van der Waals surface area contributed by atoms with Crippen molar-refractivity contribution in [1.82, 2.24) is 10.9 Å². The predicted molar refractivity (Wildman–Crippen MR) is 100 cm³/mol. The van der Waals surface area contributed by atoms with Crippen molar-refractivity contribution in [3.8, 4) is 5.75 Å². The van der Waals surface area contributed by atoms with Crippen LogP contribution in [0, 0.1) is 0 Å². The van der Waals surface area contributed by atoms with Gasteiger partial charge in [-0.3, -0.25) is 10.2 Å². The highest BCUT2D eigenvalue weighted by Crippen LogP contribution is 2.27. The first-order valence-electron chi connectivity index (χ1n) is 8.47. The number of nitrogens with one attached hydrogen (secondary N) is 2. The summed E-state index contributed by atoms with van der Waals surface area (Å²) in [7, 11) is 0. The van der Waals surface area contributed by atoms with E-state index in [2.05, 4.69) is 29.0 Å². The Kier molecular flexibility index (Phi) is 7.37. The van der Waals surface area contributed by atoms with Crippen LogP contribution in [0.15, 0.2) is 54.6 Å². The van der Waals surface area contributed by atoms with E-state index in [0.717, 1.165) is 5.56 Å². The molecule has 1 aromatic carbocycles. The lowest BCUT2D eigenvalue weighted by atomic mass is 9.97. The number of amides is 1. The summed E-state index contributed by atoms with van der Waals surface area (Å²) < 4.78 is 11.2. The number of aliphatic hydroxyl groups is 1. The second kappa shape index (κ2) is 9.74. The molecule has 3 N–H and O–H groups in total. The van der Waals surface area contributed by atoms with Gasteiger partial charge in [-0.1, -0.05) is 12.2 Å². The van der Waals surface area contributed by atoms with Crippen molar-refractivity contribution < 1.29 is 19.4 Å². The molecule has 26 heavy (non-hydrogen) atoms. The van der Waals surface area contributed by atoms with Crippen LogP contribution >= 0.6 is 0 Å². The number of benzene rings is 1. The van der Waals surface area contributed by atoms with E-state index in [1.807, 2.05) is 12.1 Å². The molecule has 0 aliphatic carbocycles. The molecular formula is C19H25N3O4. The van der Waals surface area contributed by atoms with Crippen molar-refractivity contribution in [2.75, 3.05) is 26.4 Å². The van der Waals surface area contributed by atoms with Crippen LogP contribution in [0.5, 0.6) is 5.75 Å². The topological polar surface area (TPSA) is 92.2 Å². The van der Waals surface area contributed by atoms with Gasteiger partial charge in [0, 0.05) is 31.6 Å². The Labute approximate surface area is 153 Å². The molecule has 1 heterocycles. The zero-order valence-corrected chi connectivity index (χ0v) is 14.7. The molecule has 2 rings (SSSR count). The molecule has 1 aromatic rings. The molecule has 0 saturated heterocycles. The van der Waals surface area contributed by atoms with Crippen LogP contribution < -0.4 is 15.6 Å². The monoisotopic (exact) mass is 359 g/mol. The summed E-state index contributed by atoms with van der Waals surface area (Å²) in [6, 6.07) is 7.26. The number of carbonyl (C=O) groups excluding carboxylic acids is 1. The van der Waals surface area contributed by atoms with Crippen molar-refractivity contribution in [2.45, 2.75) is 18.4 Å². The quantitative estimate of drug-likeness (QED) is 0.315. The molecule has 0 unspecified atom stereocenters. The van der Waals surface area contributed by atoms with Gasteiger partial charge in [0.1, 0.15) is 12.4 Å². The molecule has 0 radical (unpaired) electrons. The average Bonchev–Trinajstić information content (AvgIpc) is 3.08. The summed E-state index contributed by atoms with van der Waals surface area (Å²) >= 11 is 0. The number of hydrogen-bond acceptors (Lipinski definition) is 6. The van der Waals surface area contributed by atoms with E-state index in [0.29, 0.717) is 37.6 Å². The van der Waals surface area contributed by atoms with Crippen LogP contribution in [-0.4, -0.2) is 48.8 Å². The van der Waals surface area contributed by atoms with Crippen LogP contribution in [0.1, 0.15) is 18.4 Å². The normalized spacial score (nSPS) is 18.6. The number of hydrogen-bond donors (Lipinski definition) is 3. The Morgan fingerprint density at radius 1 is 1.35 bits per heavy atom. The third kappa shape index (κ3) is 4.93. The lowest BCUT2D eigenvalue weighted by Crippen LogP contribution is -2.51. The number of nitrogens with zero attached hydrogens (tertiary/aromatic N) is 1. The first kappa shape index (κ1) is 19.7. The van der Waals surface area contributed by atoms with Gasteiger partial charge < -0.3 is 14.6 Å². The van der Waals surface area contributed by atoms with Crippen molar-refractivity contribution in [3.05, 3.63) is 55.1 Å². The lowest BCUT2D eigenvalue weighted by molar-refractivity contribution is -0.127. The summed E-state index contributed by atoms with van der Waals surface area (Å²) in [4.78, 5) is 17.1. The van der Waals surface area contributed by atoms with Gasteiger partial charge in [-0.2, -0.15) is 0 Å². The van der Waals surface area contributed by atoms with E-state index < -0.39 is 5.54 Å². The largest absolute Gasteiger partial charge is 0.494 e. The molecule has 0 aromatic heterocycles. The third-order valence-electron chi connectivity index (χ3n) is 3.79. The van der Waals surface area contributed by atoms with Crippen LogP contribution in [0.3, 0.4) is 0 Å².